The maximum atomic E-state index is 12.4. The van der Waals surface area contributed by atoms with E-state index < -0.39 is 0 Å². The minimum Gasteiger partial charge on any atom is -0.497 e. The largest absolute Gasteiger partial charge is 0.497 e. The van der Waals surface area contributed by atoms with Crippen molar-refractivity contribution in [1.29, 1.82) is 0 Å². The molecule has 8 nitrogen and oxygen atoms in total. The summed E-state index contributed by atoms with van der Waals surface area (Å²) in [7, 11) is 1.60. The molecule has 1 aromatic carbocycles. The molecule has 0 aliphatic carbocycles. The molecular weight excluding hydrogens is 336 g/mol. The molecule has 26 heavy (non-hydrogen) atoms. The number of methoxy groups -OCH3 is 1. The molecule has 1 aromatic heterocycles. The molecule has 2 amide bonds. The summed E-state index contributed by atoms with van der Waals surface area (Å²) in [5.74, 6) is 1.94. The van der Waals surface area contributed by atoms with E-state index in [0.717, 1.165) is 18.5 Å². The molecule has 2 aromatic rings. The number of aryl methyl sites for hydroxylation is 1. The molecule has 0 spiro atoms. The van der Waals surface area contributed by atoms with Crippen molar-refractivity contribution in [2.45, 2.75) is 32.3 Å². The molecule has 0 atom stereocenters. The van der Waals surface area contributed by atoms with Gasteiger partial charge in [0.1, 0.15) is 5.75 Å². The average molecular weight is 360 g/mol. The fourth-order valence-electron chi connectivity index (χ4n) is 2.89. The Hall–Kier alpha value is -2.61. The smallest absolute Gasteiger partial charge is 0.321 e. The van der Waals surface area contributed by atoms with Gasteiger partial charge in [-0.2, -0.15) is 4.98 Å². The molecule has 8 heteroatoms. The summed E-state index contributed by atoms with van der Waals surface area (Å²) in [5, 5.41) is 6.76. The highest BCUT2D eigenvalue weighted by atomic mass is 16.5. The van der Waals surface area contributed by atoms with Crippen molar-refractivity contribution in [3.8, 4) is 5.75 Å². The molecule has 1 aliphatic heterocycles. The highest BCUT2D eigenvalue weighted by molar-refractivity contribution is 5.89. The molecule has 1 saturated heterocycles. The van der Waals surface area contributed by atoms with E-state index >= 15 is 0 Å². The second-order valence-electron chi connectivity index (χ2n) is 6.20. The third-order valence-electron chi connectivity index (χ3n) is 4.30. The number of hydrogen-bond donors (Lipinski definition) is 1. The Labute approximate surface area is 152 Å². The lowest BCUT2D eigenvalue weighted by molar-refractivity contribution is 0.0168. The maximum Gasteiger partial charge on any atom is 0.321 e. The lowest BCUT2D eigenvalue weighted by Gasteiger charge is -2.32. The first-order valence-corrected chi connectivity index (χ1v) is 8.75. The number of benzene rings is 1. The van der Waals surface area contributed by atoms with Gasteiger partial charge >= 0.3 is 6.03 Å². The van der Waals surface area contributed by atoms with Gasteiger partial charge in [0.05, 0.1) is 19.8 Å². The van der Waals surface area contributed by atoms with E-state index in [-0.39, 0.29) is 12.1 Å². The molecule has 0 unspecified atom stereocenters. The van der Waals surface area contributed by atoms with Crippen molar-refractivity contribution in [3.05, 3.63) is 36.0 Å². The lowest BCUT2D eigenvalue weighted by atomic mass is 10.1. The third kappa shape index (κ3) is 4.95. The minimum absolute atomic E-state index is 0.0982. The van der Waals surface area contributed by atoms with Crippen LogP contribution in [-0.4, -0.2) is 54.0 Å². The van der Waals surface area contributed by atoms with Gasteiger partial charge in [0.15, 0.2) is 5.82 Å². The number of rotatable bonds is 6. The van der Waals surface area contributed by atoms with Crippen molar-refractivity contribution < 1.29 is 18.8 Å². The summed E-state index contributed by atoms with van der Waals surface area (Å²) in [6.07, 6.45) is 2.42. The fraction of sp³-hybridized carbons (Fsp3) is 0.500. The summed E-state index contributed by atoms with van der Waals surface area (Å²) in [6.45, 7) is 3.66. The van der Waals surface area contributed by atoms with Gasteiger partial charge < -0.3 is 24.2 Å². The number of carbonyl (C=O) groups excluding carboxylic acids is 1. The number of nitrogens with zero attached hydrogens (tertiary/aromatic N) is 3. The highest BCUT2D eigenvalue weighted by Crippen LogP contribution is 2.19. The Morgan fingerprint density at radius 3 is 2.88 bits per heavy atom. The lowest BCUT2D eigenvalue weighted by Crippen LogP contribution is -2.43. The van der Waals surface area contributed by atoms with Gasteiger partial charge in [-0.3, -0.25) is 0 Å². The topological polar surface area (TPSA) is 89.7 Å². The number of piperidine rings is 1. The molecule has 0 radical (unpaired) electrons. The van der Waals surface area contributed by atoms with Crippen LogP contribution in [0.2, 0.25) is 0 Å². The summed E-state index contributed by atoms with van der Waals surface area (Å²) in [5.41, 5.74) is 0.725. The van der Waals surface area contributed by atoms with E-state index in [1.165, 1.54) is 0 Å². The minimum atomic E-state index is -0.0982. The molecular formula is C18H24N4O4. The third-order valence-corrected chi connectivity index (χ3v) is 4.30. The molecule has 1 fully saturated rings. The van der Waals surface area contributed by atoms with E-state index in [2.05, 4.69) is 15.5 Å². The monoisotopic (exact) mass is 360 g/mol. The van der Waals surface area contributed by atoms with E-state index in [4.69, 9.17) is 14.0 Å². The number of carbonyl (C=O) groups is 1. The summed E-state index contributed by atoms with van der Waals surface area (Å²) >= 11 is 0. The van der Waals surface area contributed by atoms with Crippen LogP contribution < -0.4 is 10.1 Å². The first-order valence-electron chi connectivity index (χ1n) is 8.75. The van der Waals surface area contributed by atoms with Gasteiger partial charge in [0.2, 0.25) is 5.89 Å². The number of hydrogen-bond acceptors (Lipinski definition) is 6. The molecule has 0 bridgehead atoms. The first-order chi connectivity index (χ1) is 12.6. The Bertz CT molecular complexity index is 725. The zero-order valence-electron chi connectivity index (χ0n) is 15.1. The van der Waals surface area contributed by atoms with Crippen LogP contribution in [0.15, 0.2) is 28.8 Å². The number of amides is 2. The van der Waals surface area contributed by atoms with E-state index in [0.29, 0.717) is 43.6 Å². The van der Waals surface area contributed by atoms with Gasteiger partial charge in [-0.1, -0.05) is 11.2 Å². The predicted octanol–water partition coefficient (Wildman–Crippen LogP) is 2.64. The molecule has 1 N–H and O–H groups in total. The Morgan fingerprint density at radius 1 is 1.38 bits per heavy atom. The van der Waals surface area contributed by atoms with E-state index in [9.17, 15) is 4.79 Å². The number of urea groups is 1. The van der Waals surface area contributed by atoms with Gasteiger partial charge in [0, 0.05) is 38.2 Å². The molecule has 3 rings (SSSR count). The van der Waals surface area contributed by atoms with Crippen LogP contribution in [0.1, 0.15) is 24.6 Å². The summed E-state index contributed by atoms with van der Waals surface area (Å²) < 4.78 is 16.0. The van der Waals surface area contributed by atoms with E-state index in [1.807, 2.05) is 23.1 Å². The zero-order chi connectivity index (χ0) is 18.4. The number of likely N-dealkylation sites (tertiary alicyclic amines) is 1. The number of aromatic nitrogens is 2. The summed E-state index contributed by atoms with van der Waals surface area (Å²) in [4.78, 5) is 18.3. The molecule has 0 saturated carbocycles. The van der Waals surface area contributed by atoms with Crippen molar-refractivity contribution in [2.75, 3.05) is 32.1 Å². The van der Waals surface area contributed by atoms with Crippen molar-refractivity contribution in [3.63, 3.8) is 0 Å². The second kappa shape index (κ2) is 8.66. The number of anilines is 1. The average Bonchev–Trinajstić information content (AvgIpc) is 3.07. The van der Waals surface area contributed by atoms with Crippen LogP contribution in [-0.2, 0) is 11.2 Å². The van der Waals surface area contributed by atoms with E-state index in [1.54, 1.807) is 20.1 Å². The van der Waals surface area contributed by atoms with Crippen LogP contribution in [0.25, 0.3) is 0 Å². The van der Waals surface area contributed by atoms with Gasteiger partial charge in [-0.25, -0.2) is 4.79 Å². The Kier molecular flexibility index (Phi) is 6.06. The summed E-state index contributed by atoms with van der Waals surface area (Å²) in [6, 6.07) is 7.23. The van der Waals surface area contributed by atoms with Crippen LogP contribution in [0.3, 0.4) is 0 Å². The Morgan fingerprint density at radius 2 is 2.19 bits per heavy atom. The predicted molar refractivity (Wildman–Crippen MR) is 95.3 cm³/mol. The van der Waals surface area contributed by atoms with Gasteiger partial charge in [0.25, 0.3) is 0 Å². The standard InChI is InChI=1S/C18H24N4O4/c1-13-19-17(21-26-13)8-11-25-15-6-9-22(10-7-15)18(23)20-14-4-3-5-16(12-14)24-2/h3-5,12,15H,6-11H2,1-2H3,(H,20,23). The maximum absolute atomic E-state index is 12.4. The first kappa shape index (κ1) is 18.2. The molecule has 2 heterocycles. The number of ether oxygens (including phenoxy) is 2. The van der Waals surface area contributed by atoms with Crippen LogP contribution in [0, 0.1) is 6.92 Å². The van der Waals surface area contributed by atoms with Gasteiger partial charge in [-0.15, -0.1) is 0 Å². The highest BCUT2D eigenvalue weighted by Gasteiger charge is 2.23. The Balaban J connectivity index is 1.39. The number of nitrogens with one attached hydrogen (secondary N) is 1. The van der Waals surface area contributed by atoms with Gasteiger partial charge in [-0.05, 0) is 25.0 Å². The van der Waals surface area contributed by atoms with Crippen LogP contribution in [0.4, 0.5) is 10.5 Å². The van der Waals surface area contributed by atoms with Crippen LogP contribution >= 0.6 is 0 Å². The van der Waals surface area contributed by atoms with Crippen molar-refractivity contribution >= 4 is 11.7 Å². The second-order valence-corrected chi connectivity index (χ2v) is 6.20. The quantitative estimate of drug-likeness (QED) is 0.852. The molecule has 1 aliphatic rings. The molecule has 140 valence electrons. The zero-order valence-corrected chi connectivity index (χ0v) is 15.1. The SMILES string of the molecule is COc1cccc(NC(=O)N2CCC(OCCc3noc(C)n3)CC2)c1. The normalized spacial score (nSPS) is 15.1. The van der Waals surface area contributed by atoms with Crippen molar-refractivity contribution in [2.24, 2.45) is 0 Å². The van der Waals surface area contributed by atoms with Crippen molar-refractivity contribution in [1.82, 2.24) is 15.0 Å². The van der Waals surface area contributed by atoms with Crippen LogP contribution in [0.5, 0.6) is 5.75 Å². The fourth-order valence-corrected chi connectivity index (χ4v) is 2.89.